The molecule has 5 heteroatoms. The zero-order valence-corrected chi connectivity index (χ0v) is 44.9. The molecule has 1 aliphatic carbocycles. The van der Waals surface area contributed by atoms with Crippen LogP contribution >= 0.6 is 0 Å². The second-order valence-electron chi connectivity index (χ2n) is 22.4. The molecule has 0 bridgehead atoms. The number of pyridine rings is 1. The van der Waals surface area contributed by atoms with E-state index in [0.717, 1.165) is 115 Å². The van der Waals surface area contributed by atoms with Crippen LogP contribution in [0.4, 0.5) is 0 Å². The molecule has 0 spiro atoms. The van der Waals surface area contributed by atoms with Gasteiger partial charge in [-0.05, 0) is 104 Å². The number of phenols is 1. The van der Waals surface area contributed by atoms with Crippen molar-refractivity contribution >= 4 is 11.0 Å². The monoisotopic (exact) mass is 1110 g/mol. The molecule has 1 saturated carbocycles. The van der Waals surface area contributed by atoms with Crippen molar-refractivity contribution in [3.63, 3.8) is 0 Å². The largest absolute Gasteiger partial charge is 0.507 e. The number of rotatable bonds is 9. The van der Waals surface area contributed by atoms with Crippen LogP contribution in [0.5, 0.6) is 5.75 Å². The summed E-state index contributed by atoms with van der Waals surface area (Å²) >= 11 is 0. The van der Waals surface area contributed by atoms with E-state index in [4.69, 9.17) is 12.7 Å². The number of fused-ring (bicyclic) bond motifs is 1. The predicted molar refractivity (Wildman–Crippen MR) is 294 cm³/mol. The Hall–Kier alpha value is -6.35. The molecule has 362 valence electrons. The average Bonchev–Trinajstić information content (AvgIpc) is 4.06. The van der Waals surface area contributed by atoms with Crippen LogP contribution in [-0.2, 0) is 43.7 Å². The zero-order valence-electron chi connectivity index (χ0n) is 44.6. The van der Waals surface area contributed by atoms with E-state index in [1.165, 1.54) is 5.56 Å². The summed E-state index contributed by atoms with van der Waals surface area (Å²) in [6.45, 7) is 20.1. The van der Waals surface area contributed by atoms with Gasteiger partial charge in [-0.3, -0.25) is 9.55 Å². The molecular formula is C66H66N3OPt-. The van der Waals surface area contributed by atoms with Gasteiger partial charge in [0.1, 0.15) is 11.6 Å². The topological polar surface area (TPSA) is 50.9 Å². The quantitative estimate of drug-likeness (QED) is 0.147. The number of imidazole rings is 1. The van der Waals surface area contributed by atoms with Gasteiger partial charge in [0.05, 0.1) is 22.3 Å². The van der Waals surface area contributed by atoms with E-state index in [2.05, 4.69) is 182 Å². The third-order valence-corrected chi connectivity index (χ3v) is 14.2. The Labute approximate surface area is 439 Å². The summed E-state index contributed by atoms with van der Waals surface area (Å²) < 4.78 is 20.2. The standard InChI is InChI=1S/C66H66N3O.Pt/c1-64(2,3)51-31-32-59(55(40-51)46-21-12-10-13-22-46)69-60-26-18-25-54(61(60)68-63(69)57-42-53(66(7,8)9)41-56(62(57)70)47-23-14-11-15-24-47)49-36-50(38-52(37-49)65(4,5)6)58-39-48(33-34-67-58)45-29-27-44(28-30-45)35-43-19-16-17-20-43;/h10-15,18,21-34,37-43,70H,16-17,19-20,35H2,1-9H3;/q-1;/i35D2;. The second kappa shape index (κ2) is 19.7. The molecule has 1 fully saturated rings. The first kappa shape index (κ1) is 47.0. The van der Waals surface area contributed by atoms with Gasteiger partial charge in [0.25, 0.3) is 0 Å². The molecule has 0 atom stereocenters. The number of hydrogen-bond donors (Lipinski definition) is 1. The van der Waals surface area contributed by atoms with Crippen LogP contribution in [0, 0.1) is 12.0 Å². The van der Waals surface area contributed by atoms with Gasteiger partial charge < -0.3 is 5.11 Å². The number of hydrogen-bond acceptors (Lipinski definition) is 3. The van der Waals surface area contributed by atoms with E-state index in [-0.39, 0.29) is 49.0 Å². The van der Waals surface area contributed by atoms with Gasteiger partial charge in [-0.2, -0.15) is 0 Å². The van der Waals surface area contributed by atoms with E-state index in [9.17, 15) is 5.11 Å². The van der Waals surface area contributed by atoms with Crippen molar-refractivity contribution in [1.29, 1.82) is 0 Å². The summed E-state index contributed by atoms with van der Waals surface area (Å²) in [4.78, 5) is 10.7. The first-order chi connectivity index (χ1) is 34.3. The predicted octanol–water partition coefficient (Wildman–Crippen LogP) is 17.6. The molecule has 1 aliphatic rings. The average molecular weight is 1110 g/mol. The van der Waals surface area contributed by atoms with Gasteiger partial charge in [-0.15, -0.1) is 29.3 Å². The maximum atomic E-state index is 12.7. The van der Waals surface area contributed by atoms with E-state index >= 15 is 0 Å². The molecule has 71 heavy (non-hydrogen) atoms. The van der Waals surface area contributed by atoms with Crippen molar-refractivity contribution in [2.75, 3.05) is 0 Å². The van der Waals surface area contributed by atoms with Crippen LogP contribution in [-0.4, -0.2) is 19.6 Å². The van der Waals surface area contributed by atoms with Crippen LogP contribution in [0.1, 0.15) is 113 Å². The summed E-state index contributed by atoms with van der Waals surface area (Å²) in [6, 6.07) is 58.7. The molecular weight excluding hydrogens is 1050 g/mol. The smallest absolute Gasteiger partial charge is 0.148 e. The van der Waals surface area contributed by atoms with Gasteiger partial charge in [0, 0.05) is 46.8 Å². The van der Waals surface area contributed by atoms with Crippen LogP contribution in [0.2, 0.25) is 0 Å². The van der Waals surface area contributed by atoms with Crippen LogP contribution in [0.15, 0.2) is 164 Å². The molecule has 1 N–H and O–H groups in total. The molecule has 10 rings (SSSR count). The van der Waals surface area contributed by atoms with E-state index < -0.39 is 6.37 Å². The Bertz CT molecular complexity index is 3440. The van der Waals surface area contributed by atoms with Crippen molar-refractivity contribution in [3.05, 3.63) is 192 Å². The fourth-order valence-electron chi connectivity index (χ4n) is 9.97. The van der Waals surface area contributed by atoms with Crippen molar-refractivity contribution < 1.29 is 28.9 Å². The summed E-state index contributed by atoms with van der Waals surface area (Å²) in [5.74, 6) is 0.882. The fraction of sp³-hybridized carbons (Fsp3) is 0.273. The number of benzene rings is 7. The van der Waals surface area contributed by atoms with Gasteiger partial charge in [-0.25, -0.2) is 4.98 Å². The SMILES string of the molecule is [2H]C([2H])(c1ccc(-c2ccnc(-c3[c-]c(-c4cccc5c4nc(-c4cc(C(C)(C)C)cc(-c6ccccc6)c4O)n5-c4ccc(C(C)(C)C)cc4-c4ccccc4)cc(C(C)(C)C)c3)c2)cc1)C1CCCC1.[Pt]. The Kier molecular flexibility index (Phi) is 13.0. The van der Waals surface area contributed by atoms with Crippen LogP contribution in [0.25, 0.3) is 83.9 Å². The Morgan fingerprint density at radius 3 is 1.80 bits per heavy atom. The summed E-state index contributed by atoms with van der Waals surface area (Å²) in [7, 11) is 0. The summed E-state index contributed by atoms with van der Waals surface area (Å²) in [6.07, 6.45) is 4.60. The molecule has 0 aliphatic heterocycles. The van der Waals surface area contributed by atoms with Gasteiger partial charge in [-0.1, -0.05) is 208 Å². The number of aromatic nitrogens is 3. The molecule has 4 nitrogen and oxygen atoms in total. The number of nitrogens with zero attached hydrogens (tertiary/aromatic N) is 3. The summed E-state index contributed by atoms with van der Waals surface area (Å²) in [5, 5.41) is 12.7. The molecule has 2 heterocycles. The number of phenolic OH excluding ortho intramolecular Hbond substituents is 1. The number of aromatic hydroxyl groups is 1. The molecule has 7 aromatic carbocycles. The van der Waals surface area contributed by atoms with Crippen molar-refractivity contribution in [2.45, 2.75) is 111 Å². The first-order valence-electron chi connectivity index (χ1n) is 26.1. The van der Waals surface area contributed by atoms with Gasteiger partial charge >= 0.3 is 0 Å². The summed E-state index contributed by atoms with van der Waals surface area (Å²) in [5.41, 5.74) is 16.3. The molecule has 0 amide bonds. The van der Waals surface area contributed by atoms with Gasteiger partial charge in [0.2, 0.25) is 0 Å². The van der Waals surface area contributed by atoms with E-state index in [1.807, 2.05) is 54.7 Å². The molecule has 9 aromatic rings. The van der Waals surface area contributed by atoms with Crippen LogP contribution < -0.4 is 0 Å². The second-order valence-corrected chi connectivity index (χ2v) is 22.4. The third kappa shape index (κ3) is 10.2. The molecule has 0 radical (unpaired) electrons. The van der Waals surface area contributed by atoms with E-state index in [1.54, 1.807) is 0 Å². The van der Waals surface area contributed by atoms with Crippen molar-refractivity contribution in [1.82, 2.24) is 14.5 Å². The Morgan fingerprint density at radius 2 is 1.15 bits per heavy atom. The Morgan fingerprint density at radius 1 is 0.563 bits per heavy atom. The molecule has 2 aromatic heterocycles. The minimum absolute atomic E-state index is 0. The van der Waals surface area contributed by atoms with Crippen molar-refractivity contribution in [3.8, 4) is 78.6 Å². The maximum absolute atomic E-state index is 12.7. The zero-order chi connectivity index (χ0) is 50.7. The third-order valence-electron chi connectivity index (χ3n) is 14.2. The maximum Gasteiger partial charge on any atom is 0.148 e. The van der Waals surface area contributed by atoms with Gasteiger partial charge in [0.15, 0.2) is 0 Å². The molecule has 0 unspecified atom stereocenters. The number of para-hydroxylation sites is 1. The van der Waals surface area contributed by atoms with Crippen LogP contribution in [0.3, 0.4) is 0 Å². The Balaban J connectivity index is 0.00000656. The minimum Gasteiger partial charge on any atom is -0.507 e. The normalized spacial score (nSPS) is 14.0. The first-order valence-corrected chi connectivity index (χ1v) is 25.1. The van der Waals surface area contributed by atoms with Crippen molar-refractivity contribution in [2.24, 2.45) is 5.92 Å². The fourth-order valence-corrected chi connectivity index (χ4v) is 9.97. The van der Waals surface area contributed by atoms with E-state index in [0.29, 0.717) is 11.4 Å². The molecule has 0 saturated heterocycles. The minimum atomic E-state index is -1.35.